The molecule has 0 saturated heterocycles. The standard InChI is InChI=1S/C13H11NO4/c15-11-3-1-2-4-12(11)18-8-9-5-6-14-7-10(9)13(16)17/h1-7,15H,8H2,(H,16,17). The quantitative estimate of drug-likeness (QED) is 0.861. The molecule has 5 nitrogen and oxygen atoms in total. The van der Waals surface area contributed by atoms with Gasteiger partial charge in [-0.2, -0.15) is 0 Å². The molecule has 0 radical (unpaired) electrons. The summed E-state index contributed by atoms with van der Waals surface area (Å²) in [6.07, 6.45) is 2.77. The van der Waals surface area contributed by atoms with Crippen molar-refractivity contribution >= 4 is 5.97 Å². The maximum atomic E-state index is 11.0. The number of para-hydroxylation sites is 2. The van der Waals surface area contributed by atoms with Crippen molar-refractivity contribution in [1.82, 2.24) is 4.98 Å². The van der Waals surface area contributed by atoms with Gasteiger partial charge in [-0.25, -0.2) is 4.79 Å². The molecule has 0 amide bonds. The second-order valence-electron chi connectivity index (χ2n) is 3.59. The Morgan fingerprint density at radius 3 is 2.78 bits per heavy atom. The number of phenolic OH excluding ortho intramolecular Hbond substituents is 1. The number of benzene rings is 1. The zero-order valence-electron chi connectivity index (χ0n) is 9.41. The SMILES string of the molecule is O=C(O)c1cnccc1COc1ccccc1O. The molecule has 5 heteroatoms. The van der Waals surface area contributed by atoms with E-state index in [-0.39, 0.29) is 17.9 Å². The van der Waals surface area contributed by atoms with Gasteiger partial charge < -0.3 is 14.9 Å². The first kappa shape index (κ1) is 11.9. The number of phenols is 1. The van der Waals surface area contributed by atoms with E-state index in [1.54, 1.807) is 24.3 Å². The summed E-state index contributed by atoms with van der Waals surface area (Å²) in [5, 5.41) is 18.5. The molecule has 0 saturated carbocycles. The van der Waals surface area contributed by atoms with Gasteiger partial charge in [0.2, 0.25) is 0 Å². The van der Waals surface area contributed by atoms with E-state index >= 15 is 0 Å². The van der Waals surface area contributed by atoms with Crippen LogP contribution in [-0.4, -0.2) is 21.2 Å². The van der Waals surface area contributed by atoms with E-state index in [9.17, 15) is 9.90 Å². The molecule has 18 heavy (non-hydrogen) atoms. The number of hydrogen-bond donors (Lipinski definition) is 2. The van der Waals surface area contributed by atoms with Gasteiger partial charge in [-0.15, -0.1) is 0 Å². The number of ether oxygens (including phenoxy) is 1. The Morgan fingerprint density at radius 1 is 1.28 bits per heavy atom. The Balaban J connectivity index is 2.16. The molecule has 0 unspecified atom stereocenters. The maximum Gasteiger partial charge on any atom is 0.337 e. The Bertz CT molecular complexity index is 568. The molecule has 0 atom stereocenters. The van der Waals surface area contributed by atoms with Crippen LogP contribution in [0.2, 0.25) is 0 Å². The molecule has 0 bridgehead atoms. The number of rotatable bonds is 4. The lowest BCUT2D eigenvalue weighted by Gasteiger charge is -2.09. The smallest absolute Gasteiger partial charge is 0.337 e. The average Bonchev–Trinajstić information content (AvgIpc) is 2.38. The van der Waals surface area contributed by atoms with Crippen LogP contribution in [-0.2, 0) is 6.61 Å². The van der Waals surface area contributed by atoms with Gasteiger partial charge in [-0.1, -0.05) is 12.1 Å². The summed E-state index contributed by atoms with van der Waals surface area (Å²) in [5.74, 6) is -0.729. The fraction of sp³-hybridized carbons (Fsp3) is 0.0769. The lowest BCUT2D eigenvalue weighted by Crippen LogP contribution is -2.06. The van der Waals surface area contributed by atoms with E-state index in [0.717, 1.165) is 0 Å². The van der Waals surface area contributed by atoms with Gasteiger partial charge in [-0.3, -0.25) is 4.98 Å². The molecule has 2 rings (SSSR count). The van der Waals surface area contributed by atoms with Crippen molar-refractivity contribution in [2.24, 2.45) is 0 Å². The third kappa shape index (κ3) is 2.57. The summed E-state index contributed by atoms with van der Waals surface area (Å²) < 4.78 is 5.37. The summed E-state index contributed by atoms with van der Waals surface area (Å²) in [6, 6.07) is 8.08. The van der Waals surface area contributed by atoms with Gasteiger partial charge in [0.15, 0.2) is 11.5 Å². The molecule has 1 aromatic carbocycles. The van der Waals surface area contributed by atoms with Crippen molar-refractivity contribution in [3.63, 3.8) is 0 Å². The van der Waals surface area contributed by atoms with Crippen LogP contribution in [0.4, 0.5) is 0 Å². The number of aromatic hydroxyl groups is 1. The van der Waals surface area contributed by atoms with E-state index in [1.807, 2.05) is 0 Å². The Labute approximate surface area is 103 Å². The van der Waals surface area contributed by atoms with Crippen LogP contribution in [0.5, 0.6) is 11.5 Å². The highest BCUT2D eigenvalue weighted by Gasteiger charge is 2.10. The van der Waals surface area contributed by atoms with Crippen LogP contribution >= 0.6 is 0 Å². The van der Waals surface area contributed by atoms with Crippen molar-refractivity contribution in [2.45, 2.75) is 6.61 Å². The summed E-state index contributed by atoms with van der Waals surface area (Å²) in [5.41, 5.74) is 0.591. The number of aromatic nitrogens is 1. The first-order valence-corrected chi connectivity index (χ1v) is 5.25. The zero-order valence-corrected chi connectivity index (χ0v) is 9.41. The molecule has 0 aliphatic carbocycles. The van der Waals surface area contributed by atoms with Crippen molar-refractivity contribution in [3.05, 3.63) is 53.9 Å². The molecule has 0 aliphatic rings. The minimum Gasteiger partial charge on any atom is -0.504 e. The van der Waals surface area contributed by atoms with Crippen LogP contribution < -0.4 is 4.74 Å². The minimum atomic E-state index is -1.06. The van der Waals surface area contributed by atoms with Crippen LogP contribution in [0, 0.1) is 0 Å². The van der Waals surface area contributed by atoms with Gasteiger partial charge in [0.1, 0.15) is 6.61 Å². The van der Waals surface area contributed by atoms with Gasteiger partial charge in [0, 0.05) is 18.0 Å². The predicted molar refractivity (Wildman–Crippen MR) is 63.6 cm³/mol. The number of pyridine rings is 1. The molecule has 1 aromatic heterocycles. The maximum absolute atomic E-state index is 11.0. The number of carboxylic acids is 1. The van der Waals surface area contributed by atoms with Crippen LogP contribution in [0.1, 0.15) is 15.9 Å². The molecule has 0 aliphatic heterocycles. The van der Waals surface area contributed by atoms with Gasteiger partial charge in [0.05, 0.1) is 5.56 Å². The predicted octanol–water partition coefficient (Wildman–Crippen LogP) is 2.06. The number of nitrogens with zero attached hydrogens (tertiary/aromatic N) is 1. The summed E-state index contributed by atoms with van der Waals surface area (Å²) in [7, 11) is 0. The second-order valence-corrected chi connectivity index (χ2v) is 3.59. The molecular formula is C13H11NO4. The molecule has 92 valence electrons. The van der Waals surface area contributed by atoms with E-state index in [0.29, 0.717) is 11.3 Å². The van der Waals surface area contributed by atoms with E-state index < -0.39 is 5.97 Å². The summed E-state index contributed by atoms with van der Waals surface area (Å²) in [4.78, 5) is 14.7. The molecule has 2 aromatic rings. The van der Waals surface area contributed by atoms with Crippen LogP contribution in [0.25, 0.3) is 0 Å². The van der Waals surface area contributed by atoms with Crippen molar-refractivity contribution in [1.29, 1.82) is 0 Å². The van der Waals surface area contributed by atoms with E-state index in [4.69, 9.17) is 9.84 Å². The van der Waals surface area contributed by atoms with Crippen LogP contribution in [0.15, 0.2) is 42.7 Å². The number of aromatic carboxylic acids is 1. The van der Waals surface area contributed by atoms with Crippen molar-refractivity contribution < 1.29 is 19.7 Å². The number of hydrogen-bond acceptors (Lipinski definition) is 4. The third-order valence-corrected chi connectivity index (χ3v) is 2.39. The minimum absolute atomic E-state index is 0.0171. The summed E-state index contributed by atoms with van der Waals surface area (Å²) >= 11 is 0. The fourth-order valence-electron chi connectivity index (χ4n) is 1.48. The van der Waals surface area contributed by atoms with Gasteiger partial charge in [-0.05, 0) is 18.2 Å². The van der Waals surface area contributed by atoms with E-state index in [1.165, 1.54) is 18.5 Å². The molecular weight excluding hydrogens is 234 g/mol. The second kappa shape index (κ2) is 5.18. The zero-order chi connectivity index (χ0) is 13.0. The van der Waals surface area contributed by atoms with E-state index in [2.05, 4.69) is 4.98 Å². The first-order valence-electron chi connectivity index (χ1n) is 5.25. The molecule has 0 fully saturated rings. The molecule has 2 N–H and O–H groups in total. The summed E-state index contributed by atoms with van der Waals surface area (Å²) in [6.45, 7) is 0.0573. The average molecular weight is 245 g/mol. The molecule has 1 heterocycles. The topological polar surface area (TPSA) is 79.7 Å². The lowest BCUT2D eigenvalue weighted by molar-refractivity contribution is 0.0693. The highest BCUT2D eigenvalue weighted by molar-refractivity contribution is 5.88. The lowest BCUT2D eigenvalue weighted by atomic mass is 10.1. The highest BCUT2D eigenvalue weighted by atomic mass is 16.5. The Morgan fingerprint density at radius 2 is 2.06 bits per heavy atom. The Kier molecular flexibility index (Phi) is 3.43. The Hall–Kier alpha value is -2.56. The fourth-order valence-corrected chi connectivity index (χ4v) is 1.48. The van der Waals surface area contributed by atoms with Gasteiger partial charge >= 0.3 is 5.97 Å². The third-order valence-electron chi connectivity index (χ3n) is 2.39. The normalized spacial score (nSPS) is 10.0. The highest BCUT2D eigenvalue weighted by Crippen LogP contribution is 2.25. The number of carboxylic acid groups (broad SMARTS) is 1. The van der Waals surface area contributed by atoms with Crippen molar-refractivity contribution in [2.75, 3.05) is 0 Å². The molecule has 0 spiro atoms. The largest absolute Gasteiger partial charge is 0.504 e. The van der Waals surface area contributed by atoms with Crippen molar-refractivity contribution in [3.8, 4) is 11.5 Å². The monoisotopic (exact) mass is 245 g/mol. The number of carbonyl (C=O) groups is 1. The van der Waals surface area contributed by atoms with Gasteiger partial charge in [0.25, 0.3) is 0 Å². The first-order chi connectivity index (χ1) is 8.68. The van der Waals surface area contributed by atoms with Crippen LogP contribution in [0.3, 0.4) is 0 Å².